The summed E-state index contributed by atoms with van der Waals surface area (Å²) >= 11 is 0. The Balaban J connectivity index is -0.0000000817. The van der Waals surface area contributed by atoms with Crippen LogP contribution in [-0.2, 0) is 13.9 Å². The van der Waals surface area contributed by atoms with E-state index < -0.39 is 13.8 Å². The molecule has 0 unspecified atom stereocenters. The number of rotatable bonds is 1. The zero-order chi connectivity index (χ0) is 6.78. The van der Waals surface area contributed by atoms with Gasteiger partial charge in [0.05, 0.1) is 0 Å². The minimum absolute atomic E-state index is 0. The topological polar surface area (TPSA) is 83.8 Å². The van der Waals surface area contributed by atoms with Crippen molar-refractivity contribution >= 4 is 102 Å². The van der Waals surface area contributed by atoms with E-state index in [-0.39, 0.29) is 88.7 Å². The second-order valence-corrected chi connectivity index (χ2v) is 2.24. The Bertz CT molecular complexity index is 143. The van der Waals surface area contributed by atoms with Crippen LogP contribution in [0.5, 0.6) is 0 Å². The molecule has 5 nitrogen and oxygen atoms in total. The maximum absolute atomic E-state index is 9.74. The van der Waals surface area contributed by atoms with E-state index in [4.69, 9.17) is 9.79 Å². The SMILES string of the molecule is CC(=O)OP(=O)(O)O.[NaH].[NaH].[NaH]. The molecular formula is C2H8Na3O5P. The number of hydrogen-bond donors (Lipinski definition) is 2. The normalized spacial score (nSPS) is 7.91. The summed E-state index contributed by atoms with van der Waals surface area (Å²) in [4.78, 5) is 25.5. The van der Waals surface area contributed by atoms with Crippen molar-refractivity contribution in [3.05, 3.63) is 0 Å². The third kappa shape index (κ3) is 24.5. The standard InChI is InChI=1S/C2H5O5P.3Na.3H/c1-2(3)7-8(4,5)6;;;;;;/h1H3,(H2,4,5,6);;;;;;. The van der Waals surface area contributed by atoms with Crippen molar-refractivity contribution in [2.75, 3.05) is 0 Å². The molecule has 0 atom stereocenters. The molecule has 0 aromatic rings. The van der Waals surface area contributed by atoms with E-state index in [2.05, 4.69) is 4.52 Å². The summed E-state index contributed by atoms with van der Waals surface area (Å²) in [6.07, 6.45) is 0. The molecule has 0 aromatic carbocycles. The Morgan fingerprint density at radius 2 is 1.55 bits per heavy atom. The van der Waals surface area contributed by atoms with Gasteiger partial charge in [-0.2, -0.15) is 0 Å². The summed E-state index contributed by atoms with van der Waals surface area (Å²) in [7, 11) is -4.57. The van der Waals surface area contributed by atoms with Crippen molar-refractivity contribution in [3.8, 4) is 0 Å². The van der Waals surface area contributed by atoms with Gasteiger partial charge in [-0.25, -0.2) is 4.57 Å². The Labute approximate surface area is 131 Å². The summed E-state index contributed by atoms with van der Waals surface area (Å²) in [5, 5.41) is 0. The predicted octanol–water partition coefficient (Wildman–Crippen LogP) is -2.30. The van der Waals surface area contributed by atoms with E-state index in [0.29, 0.717) is 0 Å². The molecule has 0 aliphatic heterocycles. The van der Waals surface area contributed by atoms with Gasteiger partial charge in [-0.3, -0.25) is 14.6 Å². The molecule has 0 spiro atoms. The van der Waals surface area contributed by atoms with Crippen molar-refractivity contribution in [3.63, 3.8) is 0 Å². The number of carbonyl (C=O) groups excluding carboxylic acids is 1. The molecule has 0 amide bonds. The van der Waals surface area contributed by atoms with Crippen LogP contribution in [0.15, 0.2) is 0 Å². The van der Waals surface area contributed by atoms with Crippen LogP contribution >= 0.6 is 7.82 Å². The van der Waals surface area contributed by atoms with Gasteiger partial charge < -0.3 is 4.52 Å². The van der Waals surface area contributed by atoms with Gasteiger partial charge in [0.1, 0.15) is 0 Å². The predicted molar refractivity (Wildman–Crippen MR) is 45.3 cm³/mol. The fourth-order valence-electron chi connectivity index (χ4n) is 0.167. The van der Waals surface area contributed by atoms with Gasteiger partial charge in [0, 0.05) is 6.92 Å². The monoisotopic (exact) mass is 212 g/mol. The van der Waals surface area contributed by atoms with Crippen molar-refractivity contribution in [2.24, 2.45) is 0 Å². The molecule has 11 heavy (non-hydrogen) atoms. The van der Waals surface area contributed by atoms with Crippen LogP contribution in [-0.4, -0.2) is 104 Å². The van der Waals surface area contributed by atoms with Gasteiger partial charge in [-0.05, 0) is 0 Å². The Morgan fingerprint density at radius 1 is 1.27 bits per heavy atom. The van der Waals surface area contributed by atoms with Crippen LogP contribution in [0.1, 0.15) is 6.92 Å². The van der Waals surface area contributed by atoms with Crippen molar-refractivity contribution in [1.29, 1.82) is 0 Å². The van der Waals surface area contributed by atoms with Crippen molar-refractivity contribution in [1.82, 2.24) is 0 Å². The average Bonchev–Trinajstić information content (AvgIpc) is 1.21. The molecule has 0 heterocycles. The van der Waals surface area contributed by atoms with Crippen LogP contribution < -0.4 is 0 Å². The first-order chi connectivity index (χ1) is 3.42. The van der Waals surface area contributed by atoms with Crippen LogP contribution in [0.3, 0.4) is 0 Å². The van der Waals surface area contributed by atoms with Crippen LogP contribution in [0, 0.1) is 0 Å². The Morgan fingerprint density at radius 3 is 1.55 bits per heavy atom. The van der Waals surface area contributed by atoms with Crippen LogP contribution in [0.4, 0.5) is 0 Å². The van der Waals surface area contributed by atoms with E-state index in [1.165, 1.54) is 0 Å². The van der Waals surface area contributed by atoms with Gasteiger partial charge in [0.2, 0.25) is 0 Å². The van der Waals surface area contributed by atoms with Crippen molar-refractivity contribution in [2.45, 2.75) is 6.92 Å². The summed E-state index contributed by atoms with van der Waals surface area (Å²) < 4.78 is 13.2. The molecule has 0 aliphatic rings. The molecule has 54 valence electrons. The zero-order valence-electron chi connectivity index (χ0n) is 4.07. The summed E-state index contributed by atoms with van der Waals surface area (Å²) in [6, 6.07) is 0. The Kier molecular flexibility index (Phi) is 22.8. The quantitative estimate of drug-likeness (QED) is 0.377. The molecular weight excluding hydrogens is 204 g/mol. The fraction of sp³-hybridized carbons (Fsp3) is 0.500. The first-order valence-electron chi connectivity index (χ1n) is 1.67. The first kappa shape index (κ1) is 23.4. The Hall–Kier alpha value is 2.62. The molecule has 0 bridgehead atoms. The number of phosphoric ester groups is 1. The second kappa shape index (κ2) is 10.7. The van der Waals surface area contributed by atoms with Gasteiger partial charge in [0.25, 0.3) is 0 Å². The molecule has 0 saturated heterocycles. The third-order valence-electron chi connectivity index (χ3n) is 0.247. The zero-order valence-corrected chi connectivity index (χ0v) is 4.96. The molecule has 9 heteroatoms. The van der Waals surface area contributed by atoms with E-state index in [1.807, 2.05) is 0 Å². The second-order valence-electron chi connectivity index (χ2n) is 1.07. The van der Waals surface area contributed by atoms with E-state index in [0.717, 1.165) is 6.92 Å². The summed E-state index contributed by atoms with van der Waals surface area (Å²) in [6.45, 7) is 0.916. The van der Waals surface area contributed by atoms with Gasteiger partial charge in [0.15, 0.2) is 0 Å². The minimum atomic E-state index is -4.57. The number of carbonyl (C=O) groups is 1. The maximum atomic E-state index is 9.74. The molecule has 0 radical (unpaired) electrons. The number of hydrogen-bond acceptors (Lipinski definition) is 3. The van der Waals surface area contributed by atoms with E-state index >= 15 is 0 Å². The van der Waals surface area contributed by atoms with Gasteiger partial charge in [-0.15, -0.1) is 0 Å². The van der Waals surface area contributed by atoms with Gasteiger partial charge in [-0.1, -0.05) is 0 Å². The molecule has 0 rings (SSSR count). The van der Waals surface area contributed by atoms with E-state index in [9.17, 15) is 9.36 Å². The number of phosphoric acid groups is 1. The summed E-state index contributed by atoms with van der Waals surface area (Å²) in [5.74, 6) is -0.988. The molecule has 0 aromatic heterocycles. The molecule has 0 fully saturated rings. The fourth-order valence-corrected chi connectivity index (χ4v) is 0.502. The van der Waals surface area contributed by atoms with Gasteiger partial charge >= 0.3 is 102 Å². The third-order valence-corrected chi connectivity index (χ3v) is 0.742. The summed E-state index contributed by atoms with van der Waals surface area (Å²) in [5.41, 5.74) is 0. The molecule has 0 aliphatic carbocycles. The molecule has 0 saturated carbocycles. The van der Waals surface area contributed by atoms with Crippen LogP contribution in [0.25, 0.3) is 0 Å². The first-order valence-corrected chi connectivity index (χ1v) is 3.20. The van der Waals surface area contributed by atoms with E-state index in [1.54, 1.807) is 0 Å². The molecule has 2 N–H and O–H groups in total. The van der Waals surface area contributed by atoms with Crippen molar-refractivity contribution < 1.29 is 23.7 Å². The van der Waals surface area contributed by atoms with Crippen LogP contribution in [0.2, 0.25) is 0 Å². The average molecular weight is 212 g/mol.